The topological polar surface area (TPSA) is 58.4 Å². The first kappa shape index (κ1) is 21.4. The molecule has 0 aliphatic carbocycles. The highest BCUT2D eigenvalue weighted by Crippen LogP contribution is 2.30. The number of nitrogens with zero attached hydrogens (tertiary/aromatic N) is 1. The van der Waals surface area contributed by atoms with Gasteiger partial charge in [-0.15, -0.1) is 0 Å². The number of nitrogens with one attached hydrogen (secondary N) is 1. The van der Waals surface area contributed by atoms with Gasteiger partial charge in [-0.3, -0.25) is 9.69 Å². The second kappa shape index (κ2) is 9.77. The number of amides is 1. The summed E-state index contributed by atoms with van der Waals surface area (Å²) in [5, 5.41) is 2.83. The molecule has 0 fully saturated rings. The van der Waals surface area contributed by atoms with Gasteiger partial charge >= 0.3 is 6.18 Å². The minimum Gasteiger partial charge on any atom is -0.353 e. The molecule has 0 aliphatic heterocycles. The molecule has 4 nitrogen and oxygen atoms in total. The number of likely N-dealkylation sites (N-methyl/N-ethyl adjacent to an activating group) is 1. The van der Waals surface area contributed by atoms with Crippen molar-refractivity contribution in [1.82, 2.24) is 10.2 Å². The maximum atomic E-state index is 12.7. The Labute approximate surface area is 147 Å². The van der Waals surface area contributed by atoms with E-state index >= 15 is 0 Å². The third-order valence-corrected chi connectivity index (χ3v) is 4.28. The van der Waals surface area contributed by atoms with E-state index in [2.05, 4.69) is 10.2 Å². The van der Waals surface area contributed by atoms with Crippen molar-refractivity contribution in [2.24, 2.45) is 5.73 Å². The zero-order valence-corrected chi connectivity index (χ0v) is 15.1. The molecule has 3 N–H and O–H groups in total. The Hall–Kier alpha value is -1.60. The number of alkyl halides is 3. The van der Waals surface area contributed by atoms with Gasteiger partial charge in [-0.05, 0) is 37.2 Å². The zero-order chi connectivity index (χ0) is 19.0. The van der Waals surface area contributed by atoms with Crippen molar-refractivity contribution in [3.05, 3.63) is 35.4 Å². The minimum atomic E-state index is -4.36. The second-order valence-electron chi connectivity index (χ2n) is 6.00. The van der Waals surface area contributed by atoms with E-state index in [0.717, 1.165) is 37.2 Å². The average Bonchev–Trinajstić information content (AvgIpc) is 2.58. The molecule has 2 atom stereocenters. The first-order chi connectivity index (χ1) is 11.7. The highest BCUT2D eigenvalue weighted by Gasteiger charge is 2.30. The van der Waals surface area contributed by atoms with Crippen molar-refractivity contribution in [3.63, 3.8) is 0 Å². The Balaban J connectivity index is 2.92. The van der Waals surface area contributed by atoms with Gasteiger partial charge < -0.3 is 11.1 Å². The maximum absolute atomic E-state index is 12.7. The summed E-state index contributed by atoms with van der Waals surface area (Å²) in [6.07, 6.45) is -2.95. The Morgan fingerprint density at radius 3 is 2.16 bits per heavy atom. The van der Waals surface area contributed by atoms with E-state index in [4.69, 9.17) is 5.73 Å². The van der Waals surface area contributed by atoms with E-state index in [1.807, 2.05) is 20.8 Å². The lowest BCUT2D eigenvalue weighted by molar-refractivity contribution is -0.137. The van der Waals surface area contributed by atoms with Crippen LogP contribution in [0.2, 0.25) is 0 Å². The van der Waals surface area contributed by atoms with Gasteiger partial charge in [-0.25, -0.2) is 0 Å². The standard InChI is InChI=1S/C18H28F3N3O/c1-4-7-15(22)17(25)23-12-16(24(5-2)6-3)13-8-10-14(11-9-13)18(19,20)21/h8-11,15-16H,4-7,12,22H2,1-3H3,(H,23,25). The van der Waals surface area contributed by atoms with E-state index in [9.17, 15) is 18.0 Å². The molecule has 0 radical (unpaired) electrons. The first-order valence-corrected chi connectivity index (χ1v) is 8.69. The van der Waals surface area contributed by atoms with Crippen molar-refractivity contribution in [1.29, 1.82) is 0 Å². The van der Waals surface area contributed by atoms with Gasteiger partial charge in [0.05, 0.1) is 17.6 Å². The summed E-state index contributed by atoms with van der Waals surface area (Å²) in [7, 11) is 0. The number of carbonyl (C=O) groups is 1. The van der Waals surface area contributed by atoms with E-state index in [-0.39, 0.29) is 11.9 Å². The van der Waals surface area contributed by atoms with E-state index in [1.165, 1.54) is 12.1 Å². The molecule has 0 bridgehead atoms. The molecule has 1 aromatic carbocycles. The van der Waals surface area contributed by atoms with Crippen LogP contribution in [0.5, 0.6) is 0 Å². The average molecular weight is 359 g/mol. The molecule has 1 aromatic rings. The lowest BCUT2D eigenvalue weighted by Gasteiger charge is -2.31. The van der Waals surface area contributed by atoms with E-state index in [0.29, 0.717) is 13.0 Å². The molecular weight excluding hydrogens is 331 g/mol. The Kier molecular flexibility index (Phi) is 8.38. The van der Waals surface area contributed by atoms with Gasteiger partial charge in [-0.2, -0.15) is 13.2 Å². The fourth-order valence-electron chi connectivity index (χ4n) is 2.79. The van der Waals surface area contributed by atoms with E-state index < -0.39 is 17.8 Å². The van der Waals surface area contributed by atoms with Crippen LogP contribution in [0.15, 0.2) is 24.3 Å². The predicted octanol–water partition coefficient (Wildman–Crippen LogP) is 3.33. The van der Waals surface area contributed by atoms with Gasteiger partial charge in [-0.1, -0.05) is 39.3 Å². The van der Waals surface area contributed by atoms with Crippen molar-refractivity contribution >= 4 is 5.91 Å². The fourth-order valence-corrected chi connectivity index (χ4v) is 2.79. The molecule has 0 saturated carbocycles. The molecule has 142 valence electrons. The second-order valence-corrected chi connectivity index (χ2v) is 6.00. The monoisotopic (exact) mass is 359 g/mol. The number of nitrogens with two attached hydrogens (primary N) is 1. The van der Waals surface area contributed by atoms with Crippen LogP contribution in [0.4, 0.5) is 13.2 Å². The summed E-state index contributed by atoms with van der Waals surface area (Å²) >= 11 is 0. The summed E-state index contributed by atoms with van der Waals surface area (Å²) in [5.74, 6) is -0.231. The Bertz CT molecular complexity index is 527. The molecule has 0 saturated heterocycles. The highest BCUT2D eigenvalue weighted by molar-refractivity contribution is 5.81. The molecule has 1 amide bonds. The number of halogens is 3. The summed E-state index contributed by atoms with van der Waals surface area (Å²) in [6.45, 7) is 7.66. The third-order valence-electron chi connectivity index (χ3n) is 4.28. The Morgan fingerprint density at radius 2 is 1.72 bits per heavy atom. The minimum absolute atomic E-state index is 0.199. The zero-order valence-electron chi connectivity index (χ0n) is 15.1. The molecular formula is C18H28F3N3O. The third kappa shape index (κ3) is 6.32. The normalized spacial score (nSPS) is 14.4. The van der Waals surface area contributed by atoms with Crippen LogP contribution in [0.1, 0.15) is 50.8 Å². The molecule has 1 rings (SSSR count). The van der Waals surface area contributed by atoms with Crippen LogP contribution in [0, 0.1) is 0 Å². The van der Waals surface area contributed by atoms with Crippen LogP contribution in [-0.2, 0) is 11.0 Å². The number of carbonyl (C=O) groups excluding carboxylic acids is 1. The van der Waals surface area contributed by atoms with Crippen LogP contribution in [-0.4, -0.2) is 36.5 Å². The lowest BCUT2D eigenvalue weighted by Crippen LogP contribution is -2.44. The van der Waals surface area contributed by atoms with Crippen LogP contribution >= 0.6 is 0 Å². The quantitative estimate of drug-likeness (QED) is 0.711. The predicted molar refractivity (Wildman–Crippen MR) is 93.0 cm³/mol. The van der Waals surface area contributed by atoms with Gasteiger partial charge in [0.15, 0.2) is 0 Å². The van der Waals surface area contributed by atoms with Gasteiger partial charge in [0.1, 0.15) is 0 Å². The number of rotatable bonds is 9. The van der Waals surface area contributed by atoms with Gasteiger partial charge in [0.2, 0.25) is 5.91 Å². The summed E-state index contributed by atoms with van der Waals surface area (Å²) in [4.78, 5) is 14.1. The number of hydrogen-bond donors (Lipinski definition) is 2. The van der Waals surface area contributed by atoms with Gasteiger partial charge in [0.25, 0.3) is 0 Å². The Morgan fingerprint density at radius 1 is 1.16 bits per heavy atom. The fraction of sp³-hybridized carbons (Fsp3) is 0.611. The summed E-state index contributed by atoms with van der Waals surface area (Å²) < 4.78 is 38.2. The molecule has 7 heteroatoms. The van der Waals surface area contributed by atoms with Crippen LogP contribution < -0.4 is 11.1 Å². The van der Waals surface area contributed by atoms with Crippen LogP contribution in [0.3, 0.4) is 0 Å². The molecule has 0 aromatic heterocycles. The smallest absolute Gasteiger partial charge is 0.353 e. The summed E-state index contributed by atoms with van der Waals surface area (Å²) in [6, 6.07) is 4.35. The molecule has 0 aliphatic rings. The SMILES string of the molecule is CCCC(N)C(=O)NCC(c1ccc(C(F)(F)F)cc1)N(CC)CC. The number of hydrogen-bond acceptors (Lipinski definition) is 3. The molecule has 25 heavy (non-hydrogen) atoms. The summed E-state index contributed by atoms with van der Waals surface area (Å²) in [5.41, 5.74) is 5.87. The van der Waals surface area contributed by atoms with E-state index in [1.54, 1.807) is 0 Å². The van der Waals surface area contributed by atoms with Gasteiger partial charge in [0, 0.05) is 6.54 Å². The van der Waals surface area contributed by atoms with Crippen LogP contribution in [0.25, 0.3) is 0 Å². The molecule has 0 spiro atoms. The lowest BCUT2D eigenvalue weighted by atomic mass is 10.0. The number of benzene rings is 1. The molecule has 2 unspecified atom stereocenters. The maximum Gasteiger partial charge on any atom is 0.416 e. The van der Waals surface area contributed by atoms with Crippen molar-refractivity contribution in [2.75, 3.05) is 19.6 Å². The first-order valence-electron chi connectivity index (χ1n) is 8.69. The highest BCUT2D eigenvalue weighted by atomic mass is 19.4. The van der Waals surface area contributed by atoms with Crippen molar-refractivity contribution in [2.45, 2.75) is 51.9 Å². The molecule has 0 heterocycles. The van der Waals surface area contributed by atoms with Crippen molar-refractivity contribution < 1.29 is 18.0 Å². The van der Waals surface area contributed by atoms with Crippen molar-refractivity contribution in [3.8, 4) is 0 Å². The largest absolute Gasteiger partial charge is 0.416 e.